The molecule has 0 aliphatic carbocycles. The lowest BCUT2D eigenvalue weighted by atomic mass is 9.97. The largest absolute Gasteiger partial charge is 0.496 e. The van der Waals surface area contributed by atoms with Crippen molar-refractivity contribution in [3.63, 3.8) is 0 Å². The molecule has 0 unspecified atom stereocenters. The van der Waals surface area contributed by atoms with E-state index < -0.39 is 5.82 Å². The van der Waals surface area contributed by atoms with Crippen molar-refractivity contribution in [1.82, 2.24) is 0 Å². The quantitative estimate of drug-likeness (QED) is 0.774. The molecule has 0 amide bonds. The third-order valence-corrected chi connectivity index (χ3v) is 4.13. The van der Waals surface area contributed by atoms with Gasteiger partial charge in [0.2, 0.25) is 0 Å². The van der Waals surface area contributed by atoms with Gasteiger partial charge in [-0.3, -0.25) is 4.79 Å². The zero-order valence-corrected chi connectivity index (χ0v) is 13.0. The molecule has 0 aromatic heterocycles. The van der Waals surface area contributed by atoms with Crippen LogP contribution >= 0.6 is 15.9 Å². The molecule has 0 saturated heterocycles. The van der Waals surface area contributed by atoms with Gasteiger partial charge in [-0.2, -0.15) is 0 Å². The summed E-state index contributed by atoms with van der Waals surface area (Å²) in [5.41, 5.74) is 2.66. The van der Waals surface area contributed by atoms with Crippen molar-refractivity contribution in [2.75, 3.05) is 7.11 Å². The summed E-state index contributed by atoms with van der Waals surface area (Å²) < 4.78 is 19.1. The van der Waals surface area contributed by atoms with Gasteiger partial charge in [0, 0.05) is 5.56 Å². The maximum atomic E-state index is 13.6. The molecule has 0 N–H and O–H groups in total. The fourth-order valence-corrected chi connectivity index (χ4v) is 2.50. The van der Waals surface area contributed by atoms with Crippen LogP contribution in [0.5, 0.6) is 5.75 Å². The Kier molecular flexibility index (Phi) is 4.23. The number of carbonyl (C=O) groups is 1. The average Bonchev–Trinajstić information content (AvgIpc) is 2.44. The first kappa shape index (κ1) is 14.7. The van der Waals surface area contributed by atoms with Gasteiger partial charge in [0.05, 0.1) is 17.1 Å². The minimum absolute atomic E-state index is 0.172. The highest BCUT2D eigenvalue weighted by molar-refractivity contribution is 9.10. The van der Waals surface area contributed by atoms with Gasteiger partial charge in [0.25, 0.3) is 0 Å². The predicted octanol–water partition coefficient (Wildman–Crippen LogP) is 4.44. The Morgan fingerprint density at radius 2 is 1.85 bits per heavy atom. The Morgan fingerprint density at radius 1 is 1.15 bits per heavy atom. The average molecular weight is 337 g/mol. The van der Waals surface area contributed by atoms with E-state index >= 15 is 0 Å². The van der Waals surface area contributed by atoms with Crippen molar-refractivity contribution in [2.45, 2.75) is 13.8 Å². The molecule has 0 heterocycles. The number of methoxy groups -OCH3 is 1. The minimum Gasteiger partial charge on any atom is -0.496 e. The van der Waals surface area contributed by atoms with E-state index in [1.54, 1.807) is 12.1 Å². The molecule has 0 atom stereocenters. The molecule has 0 spiro atoms. The van der Waals surface area contributed by atoms with E-state index in [0.29, 0.717) is 11.3 Å². The van der Waals surface area contributed by atoms with Gasteiger partial charge < -0.3 is 4.74 Å². The van der Waals surface area contributed by atoms with Crippen LogP contribution in [0.15, 0.2) is 34.8 Å². The summed E-state index contributed by atoms with van der Waals surface area (Å²) in [5, 5.41) is 0. The number of hydrogen-bond acceptors (Lipinski definition) is 2. The van der Waals surface area contributed by atoms with E-state index in [1.165, 1.54) is 19.2 Å². The molecule has 0 bridgehead atoms. The number of halogens is 2. The van der Waals surface area contributed by atoms with Crippen LogP contribution < -0.4 is 4.74 Å². The lowest BCUT2D eigenvalue weighted by molar-refractivity contribution is 0.103. The lowest BCUT2D eigenvalue weighted by Crippen LogP contribution is -2.07. The molecule has 2 rings (SSSR count). The second-order valence-electron chi connectivity index (χ2n) is 4.52. The minimum atomic E-state index is -0.460. The monoisotopic (exact) mass is 336 g/mol. The zero-order chi connectivity index (χ0) is 14.9. The third-order valence-electron chi connectivity index (χ3n) is 3.32. The normalized spacial score (nSPS) is 10.4. The number of ether oxygens (including phenoxy) is 1. The summed E-state index contributed by atoms with van der Waals surface area (Å²) in [6.07, 6.45) is 0. The van der Waals surface area contributed by atoms with Crippen molar-refractivity contribution >= 4 is 21.7 Å². The summed E-state index contributed by atoms with van der Waals surface area (Å²) in [5.74, 6) is -0.193. The molecule has 104 valence electrons. The van der Waals surface area contributed by atoms with Crippen LogP contribution in [0.25, 0.3) is 0 Å². The van der Waals surface area contributed by atoms with Crippen LogP contribution in [0.1, 0.15) is 27.0 Å². The van der Waals surface area contributed by atoms with Crippen molar-refractivity contribution in [2.24, 2.45) is 0 Å². The lowest BCUT2D eigenvalue weighted by Gasteiger charge is -2.13. The molecule has 2 aromatic rings. The molecular formula is C16H14BrFO2. The van der Waals surface area contributed by atoms with Crippen molar-refractivity contribution in [1.29, 1.82) is 0 Å². The number of aryl methyl sites for hydroxylation is 1. The first-order chi connectivity index (χ1) is 9.47. The number of ketones is 1. The van der Waals surface area contributed by atoms with Crippen LogP contribution in [0.2, 0.25) is 0 Å². The number of rotatable bonds is 3. The van der Waals surface area contributed by atoms with E-state index in [4.69, 9.17) is 4.74 Å². The maximum absolute atomic E-state index is 13.6. The van der Waals surface area contributed by atoms with Gasteiger partial charge >= 0.3 is 0 Å². The smallest absolute Gasteiger partial charge is 0.198 e. The van der Waals surface area contributed by atoms with Crippen LogP contribution in [-0.2, 0) is 0 Å². The topological polar surface area (TPSA) is 26.3 Å². The molecule has 0 saturated carbocycles. The molecule has 0 radical (unpaired) electrons. The van der Waals surface area contributed by atoms with Crippen molar-refractivity contribution in [3.05, 3.63) is 62.9 Å². The van der Waals surface area contributed by atoms with Crippen LogP contribution in [-0.4, -0.2) is 12.9 Å². The van der Waals surface area contributed by atoms with Crippen molar-refractivity contribution in [3.8, 4) is 5.75 Å². The Balaban J connectivity index is 2.60. The van der Waals surface area contributed by atoms with Gasteiger partial charge in [0.15, 0.2) is 5.78 Å². The fraction of sp³-hybridized carbons (Fsp3) is 0.188. The van der Waals surface area contributed by atoms with Gasteiger partial charge in [0.1, 0.15) is 11.6 Å². The van der Waals surface area contributed by atoms with E-state index in [2.05, 4.69) is 15.9 Å². The summed E-state index contributed by atoms with van der Waals surface area (Å²) in [7, 11) is 1.53. The highest BCUT2D eigenvalue weighted by Gasteiger charge is 2.20. The molecule has 20 heavy (non-hydrogen) atoms. The molecule has 2 aromatic carbocycles. The standard InChI is InChI=1S/C16H14BrFO2/c1-9-7-8-12(16(20-3)10(9)2)15(19)11-5-4-6-13(18)14(11)17/h4-8H,1-3H3. The van der Waals surface area contributed by atoms with Crippen molar-refractivity contribution < 1.29 is 13.9 Å². The SMILES string of the molecule is COc1c(C(=O)c2cccc(F)c2Br)ccc(C)c1C. The first-order valence-corrected chi connectivity index (χ1v) is 6.89. The summed E-state index contributed by atoms with van der Waals surface area (Å²) in [6.45, 7) is 3.84. The van der Waals surface area contributed by atoms with E-state index in [1.807, 2.05) is 19.9 Å². The molecule has 2 nitrogen and oxygen atoms in total. The molecule has 0 aliphatic rings. The number of hydrogen-bond donors (Lipinski definition) is 0. The van der Waals surface area contributed by atoms with E-state index in [9.17, 15) is 9.18 Å². The summed E-state index contributed by atoms with van der Waals surface area (Å²) in [4.78, 5) is 12.6. The Morgan fingerprint density at radius 3 is 2.50 bits per heavy atom. The zero-order valence-electron chi connectivity index (χ0n) is 11.5. The van der Waals surface area contributed by atoms with E-state index in [-0.39, 0.29) is 15.8 Å². The van der Waals surface area contributed by atoms with Gasteiger partial charge in [-0.05, 0) is 59.1 Å². The molecule has 0 fully saturated rings. The van der Waals surface area contributed by atoms with E-state index in [0.717, 1.165) is 11.1 Å². The highest BCUT2D eigenvalue weighted by Crippen LogP contribution is 2.30. The fourth-order valence-electron chi connectivity index (χ4n) is 2.06. The summed E-state index contributed by atoms with van der Waals surface area (Å²) in [6, 6.07) is 7.97. The number of carbonyl (C=O) groups excluding carboxylic acids is 1. The second-order valence-corrected chi connectivity index (χ2v) is 5.31. The molecule has 0 aliphatic heterocycles. The van der Waals surface area contributed by atoms with Gasteiger partial charge in [-0.15, -0.1) is 0 Å². The van der Waals surface area contributed by atoms with Gasteiger partial charge in [-0.25, -0.2) is 4.39 Å². The van der Waals surface area contributed by atoms with Crippen LogP contribution in [0, 0.1) is 19.7 Å². The van der Waals surface area contributed by atoms with Crippen LogP contribution in [0.3, 0.4) is 0 Å². The van der Waals surface area contributed by atoms with Crippen LogP contribution in [0.4, 0.5) is 4.39 Å². The Labute approximate surface area is 125 Å². The first-order valence-electron chi connectivity index (χ1n) is 6.10. The Bertz CT molecular complexity index is 680. The summed E-state index contributed by atoms with van der Waals surface area (Å²) >= 11 is 3.12. The predicted molar refractivity (Wildman–Crippen MR) is 80.0 cm³/mol. The van der Waals surface area contributed by atoms with Gasteiger partial charge in [-0.1, -0.05) is 12.1 Å². The highest BCUT2D eigenvalue weighted by atomic mass is 79.9. The second kappa shape index (κ2) is 5.75. The number of benzene rings is 2. The molecule has 4 heteroatoms. The third kappa shape index (κ3) is 2.48. The molecular weight excluding hydrogens is 323 g/mol. The Hall–Kier alpha value is -1.68. The maximum Gasteiger partial charge on any atom is 0.198 e.